The quantitative estimate of drug-likeness (QED) is 0.841. The number of carbonyl (C=O) groups is 1. The highest BCUT2D eigenvalue weighted by molar-refractivity contribution is 6.32. The van der Waals surface area contributed by atoms with Crippen LogP contribution in [0.25, 0.3) is 0 Å². The van der Waals surface area contributed by atoms with E-state index in [-0.39, 0.29) is 5.91 Å². The topological polar surface area (TPSA) is 79.4 Å². The Hall–Kier alpha value is -1.60. The molecular weight excluding hydrogens is 294 g/mol. The van der Waals surface area contributed by atoms with Crippen molar-refractivity contribution in [2.24, 2.45) is 0 Å². The van der Waals surface area contributed by atoms with Gasteiger partial charge >= 0.3 is 0 Å². The Morgan fingerprint density at radius 2 is 2.33 bits per heavy atom. The molecule has 1 aromatic heterocycles. The molecule has 0 aliphatic carbocycles. The lowest BCUT2D eigenvalue weighted by molar-refractivity contribution is -0.124. The zero-order valence-electron chi connectivity index (χ0n) is 12.2. The van der Waals surface area contributed by atoms with Gasteiger partial charge in [-0.25, -0.2) is 4.98 Å². The fourth-order valence-corrected chi connectivity index (χ4v) is 2.37. The zero-order valence-corrected chi connectivity index (χ0v) is 13.0. The fourth-order valence-electron chi connectivity index (χ4n) is 2.17. The number of carbonyl (C=O) groups excluding carboxylic acids is 1. The molecule has 8 heteroatoms. The number of morpholine rings is 1. The number of anilines is 2. The summed E-state index contributed by atoms with van der Waals surface area (Å²) in [6.45, 7) is 6.55. The predicted molar refractivity (Wildman–Crippen MR) is 81.8 cm³/mol. The molecule has 2 heterocycles. The first-order chi connectivity index (χ1) is 10.2. The fraction of sp³-hybridized carbons (Fsp3) is 0.615. The van der Waals surface area contributed by atoms with E-state index >= 15 is 0 Å². The van der Waals surface area contributed by atoms with Crippen LogP contribution >= 0.6 is 11.6 Å². The van der Waals surface area contributed by atoms with Gasteiger partial charge in [0.1, 0.15) is 11.1 Å². The number of likely N-dealkylation sites (N-methyl/N-ethyl adjacent to an activating group) is 1. The third-order valence-electron chi connectivity index (χ3n) is 3.11. The molecule has 1 fully saturated rings. The third-order valence-corrected chi connectivity index (χ3v) is 3.38. The highest BCUT2D eigenvalue weighted by atomic mass is 35.5. The summed E-state index contributed by atoms with van der Waals surface area (Å²) in [6, 6.07) is -0.430. The second-order valence-electron chi connectivity index (χ2n) is 4.57. The minimum atomic E-state index is -0.430. The molecule has 2 N–H and O–H groups in total. The molecule has 0 bridgehead atoms. The molecule has 1 atom stereocenters. The van der Waals surface area contributed by atoms with Gasteiger partial charge in [-0.3, -0.25) is 4.79 Å². The number of hydrogen-bond acceptors (Lipinski definition) is 6. The molecule has 1 aromatic rings. The summed E-state index contributed by atoms with van der Waals surface area (Å²) in [4.78, 5) is 22.6. The number of aromatic nitrogens is 2. The van der Waals surface area contributed by atoms with Gasteiger partial charge in [0.2, 0.25) is 11.9 Å². The van der Waals surface area contributed by atoms with E-state index < -0.39 is 6.04 Å². The molecule has 1 aliphatic rings. The Kier molecular flexibility index (Phi) is 5.58. The minimum absolute atomic E-state index is 0.0862. The largest absolute Gasteiger partial charge is 0.377 e. The van der Waals surface area contributed by atoms with E-state index in [0.29, 0.717) is 49.6 Å². The number of amides is 1. The number of ether oxygens (including phenoxy) is 1. The summed E-state index contributed by atoms with van der Waals surface area (Å²) >= 11 is 6.21. The first-order valence-electron chi connectivity index (χ1n) is 7.05. The van der Waals surface area contributed by atoms with Crippen molar-refractivity contribution in [2.75, 3.05) is 43.1 Å². The van der Waals surface area contributed by atoms with Crippen LogP contribution in [-0.4, -0.2) is 54.8 Å². The van der Waals surface area contributed by atoms with Crippen molar-refractivity contribution in [3.63, 3.8) is 0 Å². The third kappa shape index (κ3) is 3.74. The van der Waals surface area contributed by atoms with Gasteiger partial charge in [0.15, 0.2) is 5.82 Å². The van der Waals surface area contributed by atoms with Crippen LogP contribution in [0.4, 0.5) is 11.8 Å². The van der Waals surface area contributed by atoms with Crippen molar-refractivity contribution in [1.82, 2.24) is 15.3 Å². The van der Waals surface area contributed by atoms with Gasteiger partial charge in [-0.15, -0.1) is 0 Å². The van der Waals surface area contributed by atoms with E-state index in [0.717, 1.165) is 0 Å². The van der Waals surface area contributed by atoms with E-state index in [1.807, 2.05) is 18.7 Å². The average Bonchev–Trinajstić information content (AvgIpc) is 2.50. The Labute approximate surface area is 129 Å². The van der Waals surface area contributed by atoms with Gasteiger partial charge in [-0.05, 0) is 13.8 Å². The molecule has 0 aromatic carbocycles. The van der Waals surface area contributed by atoms with Crippen LogP contribution in [0, 0.1) is 0 Å². The molecule has 21 heavy (non-hydrogen) atoms. The van der Waals surface area contributed by atoms with E-state index in [2.05, 4.69) is 20.6 Å². The molecule has 116 valence electrons. The highest BCUT2D eigenvalue weighted by Crippen LogP contribution is 2.27. The maximum atomic E-state index is 12.2. The lowest BCUT2D eigenvalue weighted by Gasteiger charge is -2.35. The first kappa shape index (κ1) is 15.8. The van der Waals surface area contributed by atoms with Crippen LogP contribution in [0.3, 0.4) is 0 Å². The summed E-state index contributed by atoms with van der Waals surface area (Å²) < 4.78 is 5.41. The molecule has 1 aliphatic heterocycles. The van der Waals surface area contributed by atoms with E-state index in [1.54, 1.807) is 6.20 Å². The van der Waals surface area contributed by atoms with Crippen molar-refractivity contribution < 1.29 is 9.53 Å². The van der Waals surface area contributed by atoms with Gasteiger partial charge in [0, 0.05) is 19.6 Å². The smallest absolute Gasteiger partial charge is 0.245 e. The van der Waals surface area contributed by atoms with E-state index in [9.17, 15) is 4.79 Å². The molecule has 1 amide bonds. The monoisotopic (exact) mass is 313 g/mol. The summed E-state index contributed by atoms with van der Waals surface area (Å²) in [5.74, 6) is 0.970. The lowest BCUT2D eigenvalue weighted by atomic mass is 10.2. The Balaban J connectivity index is 2.28. The Bertz CT molecular complexity index is 499. The number of hydrogen-bond donors (Lipinski definition) is 2. The van der Waals surface area contributed by atoms with Gasteiger partial charge in [0.25, 0.3) is 0 Å². The maximum absolute atomic E-state index is 12.2. The minimum Gasteiger partial charge on any atom is -0.377 e. The number of halogens is 1. The maximum Gasteiger partial charge on any atom is 0.245 e. The first-order valence-corrected chi connectivity index (χ1v) is 7.43. The number of rotatable bonds is 5. The van der Waals surface area contributed by atoms with Gasteiger partial charge < -0.3 is 20.3 Å². The van der Waals surface area contributed by atoms with Gasteiger partial charge in [-0.2, -0.15) is 4.98 Å². The highest BCUT2D eigenvalue weighted by Gasteiger charge is 2.31. The molecule has 0 radical (unpaired) electrons. The summed E-state index contributed by atoms with van der Waals surface area (Å²) in [5, 5.41) is 6.28. The van der Waals surface area contributed by atoms with E-state index in [4.69, 9.17) is 16.3 Å². The summed E-state index contributed by atoms with van der Waals surface area (Å²) in [5.41, 5.74) is 0. The van der Waals surface area contributed by atoms with Crippen molar-refractivity contribution in [1.29, 1.82) is 0 Å². The standard InChI is InChI=1S/C13H20ClN5O2/c1-3-15-12(20)10-8-21-6-5-19(10)11-9(14)7-17-13(18-11)16-4-2/h7,10H,3-6,8H2,1-2H3,(H,15,20)(H,16,17,18). The lowest BCUT2D eigenvalue weighted by Crippen LogP contribution is -2.54. The average molecular weight is 314 g/mol. The van der Waals surface area contributed by atoms with Gasteiger partial charge in [-0.1, -0.05) is 11.6 Å². The second kappa shape index (κ2) is 7.42. The summed E-state index contributed by atoms with van der Waals surface area (Å²) in [7, 11) is 0. The molecule has 2 rings (SSSR count). The second-order valence-corrected chi connectivity index (χ2v) is 4.98. The number of nitrogens with one attached hydrogen (secondary N) is 2. The molecular formula is C13H20ClN5O2. The van der Waals surface area contributed by atoms with E-state index in [1.165, 1.54) is 0 Å². The van der Waals surface area contributed by atoms with Crippen LogP contribution in [0.2, 0.25) is 5.02 Å². The van der Waals surface area contributed by atoms with Crippen LogP contribution in [-0.2, 0) is 9.53 Å². The van der Waals surface area contributed by atoms with Crippen LogP contribution in [0.1, 0.15) is 13.8 Å². The molecule has 1 unspecified atom stereocenters. The van der Waals surface area contributed by atoms with Crippen LogP contribution < -0.4 is 15.5 Å². The molecule has 1 saturated heterocycles. The molecule has 0 saturated carbocycles. The number of nitrogens with zero attached hydrogens (tertiary/aromatic N) is 3. The van der Waals surface area contributed by atoms with Crippen molar-refractivity contribution in [2.45, 2.75) is 19.9 Å². The SMILES string of the molecule is CCNC(=O)C1COCCN1c1nc(NCC)ncc1Cl. The molecule has 7 nitrogen and oxygen atoms in total. The van der Waals surface area contributed by atoms with Gasteiger partial charge in [0.05, 0.1) is 19.4 Å². The normalized spacial score (nSPS) is 18.4. The summed E-state index contributed by atoms with van der Waals surface area (Å²) in [6.07, 6.45) is 1.55. The van der Waals surface area contributed by atoms with Crippen LogP contribution in [0.5, 0.6) is 0 Å². The van der Waals surface area contributed by atoms with Crippen molar-refractivity contribution >= 4 is 29.3 Å². The Morgan fingerprint density at radius 1 is 1.52 bits per heavy atom. The zero-order chi connectivity index (χ0) is 15.2. The van der Waals surface area contributed by atoms with Crippen molar-refractivity contribution in [3.05, 3.63) is 11.2 Å². The molecule has 0 spiro atoms. The predicted octanol–water partition coefficient (Wildman–Crippen LogP) is 0.903. The Morgan fingerprint density at radius 3 is 3.05 bits per heavy atom. The van der Waals surface area contributed by atoms with Crippen LogP contribution in [0.15, 0.2) is 6.20 Å². The van der Waals surface area contributed by atoms with Crippen molar-refractivity contribution in [3.8, 4) is 0 Å².